The molecule has 2 nitrogen and oxygen atoms in total. The fourth-order valence-corrected chi connectivity index (χ4v) is 15.0. The lowest BCUT2D eigenvalue weighted by Gasteiger charge is -2.42. The lowest BCUT2D eigenvalue weighted by atomic mass is 10.3. The van der Waals surface area contributed by atoms with Crippen LogP contribution in [0.3, 0.4) is 0 Å². The summed E-state index contributed by atoms with van der Waals surface area (Å²) in [5, 5.41) is 10.9. The van der Waals surface area contributed by atoms with Crippen LogP contribution in [0.25, 0.3) is 0 Å². The molecule has 4 unspecified atom stereocenters. The number of fused-ring (bicyclic) bond motifs is 1. The Kier molecular flexibility index (Phi) is 5.19. The van der Waals surface area contributed by atoms with E-state index in [4.69, 9.17) is 35.2 Å². The van der Waals surface area contributed by atoms with Crippen molar-refractivity contribution in [2.45, 2.75) is 42.2 Å². The highest BCUT2D eigenvalue weighted by Crippen LogP contribution is 2.48. The Balaban J connectivity index is 2.77. The first-order valence-corrected chi connectivity index (χ1v) is 14.8. The fraction of sp³-hybridized carbons (Fsp3) is 0.500. The number of para-hydroxylation sites is 1. The highest BCUT2D eigenvalue weighted by Gasteiger charge is 2.50. The number of hydrogen-bond acceptors (Lipinski definition) is 4. The second kappa shape index (κ2) is 6.08. The largest absolute Gasteiger partial charge is 0.445 e. The molecule has 0 saturated carbocycles. The third-order valence-electron chi connectivity index (χ3n) is 3.97. The summed E-state index contributed by atoms with van der Waals surface area (Å²) in [5.41, 5.74) is 1.16. The van der Waals surface area contributed by atoms with E-state index < -0.39 is 20.0 Å². The van der Waals surface area contributed by atoms with Gasteiger partial charge in [-0.25, -0.2) is 9.26 Å². The number of benzene rings is 1. The normalized spacial score (nSPS) is 34.0. The molecular formula is C12H19NOS5Si. The van der Waals surface area contributed by atoms with E-state index >= 15 is 0 Å². The summed E-state index contributed by atoms with van der Waals surface area (Å²) in [6.07, 6.45) is 1.00. The van der Waals surface area contributed by atoms with Crippen molar-refractivity contribution >= 4 is 65.7 Å². The molecule has 0 bridgehead atoms. The lowest BCUT2D eigenvalue weighted by Crippen LogP contribution is -2.52. The molecule has 20 heavy (non-hydrogen) atoms. The van der Waals surface area contributed by atoms with E-state index in [1.807, 2.05) is 24.3 Å². The van der Waals surface area contributed by atoms with Gasteiger partial charge in [0.25, 0.3) is 0 Å². The maximum Gasteiger partial charge on any atom is 0.165 e. The van der Waals surface area contributed by atoms with Gasteiger partial charge >= 0.3 is 0 Å². The molecule has 0 radical (unpaired) electrons. The topological polar surface area (TPSA) is 20.2 Å². The van der Waals surface area contributed by atoms with Crippen molar-refractivity contribution in [3.63, 3.8) is 0 Å². The SMILES string of the molecule is CCC(C1[N+](O)([S-])c2ccccc2S1(=S)=S=S)[SiH](C)C. The molecule has 1 N–H and O–H groups in total. The summed E-state index contributed by atoms with van der Waals surface area (Å²) < 4.78 is -0.498. The van der Waals surface area contributed by atoms with Gasteiger partial charge in [0.15, 0.2) is 11.1 Å². The maximum atomic E-state index is 11.0. The van der Waals surface area contributed by atoms with E-state index in [9.17, 15) is 5.21 Å². The molecule has 112 valence electrons. The number of quaternary nitrogens is 1. The van der Waals surface area contributed by atoms with E-state index in [-0.39, 0.29) is 5.37 Å². The summed E-state index contributed by atoms with van der Waals surface area (Å²) >= 11 is 16.9. The molecule has 1 aliphatic heterocycles. The number of hydrogen-bond donors (Lipinski definition) is 1. The van der Waals surface area contributed by atoms with Gasteiger partial charge in [0.1, 0.15) is 0 Å². The number of nitrogens with zero attached hydrogens (tertiary/aromatic N) is 1. The molecule has 8 heteroatoms. The van der Waals surface area contributed by atoms with Crippen molar-refractivity contribution in [2.24, 2.45) is 0 Å². The lowest BCUT2D eigenvalue weighted by molar-refractivity contribution is 0.0139. The Hall–Kier alpha value is 0.717. The smallest absolute Gasteiger partial charge is 0.165 e. The fourth-order valence-electron chi connectivity index (χ4n) is 2.99. The van der Waals surface area contributed by atoms with E-state index in [2.05, 4.69) is 20.0 Å². The molecular weight excluding hydrogens is 363 g/mol. The van der Waals surface area contributed by atoms with Crippen molar-refractivity contribution in [3.05, 3.63) is 24.3 Å². The van der Waals surface area contributed by atoms with Crippen LogP contribution in [0.2, 0.25) is 18.6 Å². The summed E-state index contributed by atoms with van der Waals surface area (Å²) in [5.74, 6) is 0. The first-order valence-electron chi connectivity index (χ1n) is 6.57. The van der Waals surface area contributed by atoms with Gasteiger partial charge in [0.2, 0.25) is 0 Å². The van der Waals surface area contributed by atoms with Crippen LogP contribution in [-0.4, -0.2) is 19.4 Å². The quantitative estimate of drug-likeness (QED) is 0.493. The predicted molar refractivity (Wildman–Crippen MR) is 102 cm³/mol. The molecule has 1 heterocycles. The van der Waals surface area contributed by atoms with Crippen LogP contribution in [0, 0.1) is 0 Å². The summed E-state index contributed by atoms with van der Waals surface area (Å²) in [7, 11) is -1.42. The van der Waals surface area contributed by atoms with Gasteiger partial charge in [-0.05, 0) is 50.9 Å². The van der Waals surface area contributed by atoms with Gasteiger partial charge < -0.3 is 12.8 Å². The molecule has 1 aromatic rings. The van der Waals surface area contributed by atoms with Crippen molar-refractivity contribution < 1.29 is 5.21 Å². The molecule has 1 aliphatic rings. The monoisotopic (exact) mass is 381 g/mol. The molecule has 1 aromatic carbocycles. The van der Waals surface area contributed by atoms with Crippen molar-refractivity contribution in [2.75, 3.05) is 0 Å². The predicted octanol–water partition coefficient (Wildman–Crippen LogP) is 2.89. The molecule has 0 aromatic heterocycles. The van der Waals surface area contributed by atoms with Crippen molar-refractivity contribution in [1.82, 2.24) is 4.05 Å². The Morgan fingerprint density at radius 2 is 2.10 bits per heavy atom. The van der Waals surface area contributed by atoms with E-state index in [0.717, 1.165) is 17.0 Å². The minimum atomic E-state index is -1.74. The second-order valence-electron chi connectivity index (χ2n) is 5.41. The summed E-state index contributed by atoms with van der Waals surface area (Å²) in [4.78, 5) is 1.01. The first-order chi connectivity index (χ1) is 9.30. The van der Waals surface area contributed by atoms with Gasteiger partial charge in [-0.15, -0.1) is 0 Å². The molecule has 0 aliphatic carbocycles. The minimum absolute atomic E-state index is 0.135. The summed E-state index contributed by atoms with van der Waals surface area (Å²) in [6, 6.07) is 7.77. The third-order valence-corrected chi connectivity index (χ3v) is 16.0. The van der Waals surface area contributed by atoms with Gasteiger partial charge in [-0.2, -0.15) is 0 Å². The van der Waals surface area contributed by atoms with Crippen LogP contribution in [0.4, 0.5) is 5.69 Å². The Bertz CT molecular complexity index is 662. The third kappa shape index (κ3) is 2.48. The Labute approximate surface area is 140 Å². The van der Waals surface area contributed by atoms with Gasteiger partial charge in [0, 0.05) is 20.4 Å². The highest BCUT2D eigenvalue weighted by atomic mass is 33.2. The molecule has 0 spiro atoms. The zero-order valence-corrected chi connectivity index (χ0v) is 16.9. The Morgan fingerprint density at radius 3 is 2.60 bits per heavy atom. The van der Waals surface area contributed by atoms with Crippen LogP contribution in [0.1, 0.15) is 13.3 Å². The zero-order chi connectivity index (χ0) is 15.1. The highest BCUT2D eigenvalue weighted by molar-refractivity contribution is 8.66. The molecule has 0 fully saturated rings. The van der Waals surface area contributed by atoms with Crippen molar-refractivity contribution in [3.8, 4) is 0 Å². The van der Waals surface area contributed by atoms with Crippen LogP contribution in [0.5, 0.6) is 0 Å². The Morgan fingerprint density at radius 1 is 1.50 bits per heavy atom. The average Bonchev–Trinajstić information content (AvgIpc) is 2.59. The van der Waals surface area contributed by atoms with Crippen LogP contribution >= 0.6 is 0 Å². The number of hydroxylamine groups is 1. The number of rotatable bonds is 3. The van der Waals surface area contributed by atoms with E-state index in [0.29, 0.717) is 5.54 Å². The standard InChI is InChI=1S/C12H19NOS5Si/c1-4-11(20(2)3)12-13(14,15)9-7-5-6-8-10(9)19(12,17)18-16/h5-8,11-12,14,20H,4H2,1-3H3. The van der Waals surface area contributed by atoms with E-state index in [1.165, 1.54) is 8.88 Å². The van der Waals surface area contributed by atoms with Crippen LogP contribution < -0.4 is 4.05 Å². The van der Waals surface area contributed by atoms with Gasteiger partial charge in [0.05, 0.1) is 4.90 Å². The van der Waals surface area contributed by atoms with Gasteiger partial charge in [-0.1, -0.05) is 32.2 Å². The van der Waals surface area contributed by atoms with Crippen molar-refractivity contribution in [1.29, 1.82) is 0 Å². The average molecular weight is 382 g/mol. The molecule has 2 rings (SSSR count). The van der Waals surface area contributed by atoms with Crippen LogP contribution in [-0.2, 0) is 51.2 Å². The second-order valence-corrected chi connectivity index (χ2v) is 16.9. The van der Waals surface area contributed by atoms with Gasteiger partial charge in [-0.3, -0.25) is 0 Å². The molecule has 4 atom stereocenters. The minimum Gasteiger partial charge on any atom is -0.445 e. The maximum absolute atomic E-state index is 11.0. The first kappa shape index (κ1) is 17.1. The zero-order valence-electron chi connectivity index (χ0n) is 11.7. The molecule has 0 amide bonds. The van der Waals surface area contributed by atoms with Crippen LogP contribution in [0.15, 0.2) is 29.2 Å². The molecule has 0 saturated heterocycles. The van der Waals surface area contributed by atoms with E-state index in [1.54, 1.807) is 0 Å². The summed E-state index contributed by atoms with van der Waals surface area (Å²) in [6.45, 7) is 6.77.